The SMILES string of the molecule is CC(=O)NCc1cnc(N2CCC(c3cc(Cl)cc(Cl)c3)(C(F)(F)F)C2)nc1C(F)F. The summed E-state index contributed by atoms with van der Waals surface area (Å²) in [4.78, 5) is 20.0. The number of carbonyl (C=O) groups is 1. The van der Waals surface area contributed by atoms with Crippen molar-refractivity contribution in [3.8, 4) is 0 Å². The van der Waals surface area contributed by atoms with Crippen molar-refractivity contribution in [1.29, 1.82) is 0 Å². The first-order valence-corrected chi connectivity index (χ1v) is 9.85. The van der Waals surface area contributed by atoms with Crippen molar-refractivity contribution in [2.75, 3.05) is 18.0 Å². The number of amides is 1. The first-order chi connectivity index (χ1) is 14.4. The van der Waals surface area contributed by atoms with Crippen LogP contribution in [0.15, 0.2) is 24.4 Å². The highest BCUT2D eigenvalue weighted by molar-refractivity contribution is 6.34. The highest BCUT2D eigenvalue weighted by Crippen LogP contribution is 2.49. The van der Waals surface area contributed by atoms with Crippen LogP contribution in [-0.4, -0.2) is 35.1 Å². The van der Waals surface area contributed by atoms with E-state index in [9.17, 15) is 26.7 Å². The third kappa shape index (κ3) is 4.85. The van der Waals surface area contributed by atoms with Gasteiger partial charge in [-0.2, -0.15) is 13.2 Å². The van der Waals surface area contributed by atoms with Crippen molar-refractivity contribution in [3.05, 3.63) is 51.3 Å². The molecule has 1 amide bonds. The summed E-state index contributed by atoms with van der Waals surface area (Å²) < 4.78 is 69.5. The van der Waals surface area contributed by atoms with Crippen LogP contribution in [-0.2, 0) is 16.8 Å². The molecule has 0 saturated carbocycles. The summed E-state index contributed by atoms with van der Waals surface area (Å²) in [5.74, 6) is -0.680. The molecule has 12 heteroatoms. The Morgan fingerprint density at radius 2 is 1.90 bits per heavy atom. The zero-order valence-electron chi connectivity index (χ0n) is 16.1. The molecule has 0 radical (unpaired) electrons. The van der Waals surface area contributed by atoms with Gasteiger partial charge in [-0.05, 0) is 30.2 Å². The Bertz CT molecular complexity index is 968. The van der Waals surface area contributed by atoms with Crippen molar-refractivity contribution < 1.29 is 26.7 Å². The number of nitrogens with zero attached hydrogens (tertiary/aromatic N) is 3. The maximum absolute atomic E-state index is 14.2. The normalized spacial score (nSPS) is 19.2. The van der Waals surface area contributed by atoms with E-state index in [0.717, 1.165) is 6.20 Å². The second kappa shape index (κ2) is 8.74. The van der Waals surface area contributed by atoms with Gasteiger partial charge < -0.3 is 10.2 Å². The Balaban J connectivity index is 1.96. The van der Waals surface area contributed by atoms with Crippen LogP contribution in [0.3, 0.4) is 0 Å². The van der Waals surface area contributed by atoms with Crippen LogP contribution in [0.1, 0.15) is 36.6 Å². The van der Waals surface area contributed by atoms with Gasteiger partial charge in [-0.15, -0.1) is 0 Å². The zero-order valence-corrected chi connectivity index (χ0v) is 17.6. The number of alkyl halides is 5. The fourth-order valence-corrected chi connectivity index (χ4v) is 4.07. The van der Waals surface area contributed by atoms with E-state index in [1.807, 2.05) is 0 Å². The quantitative estimate of drug-likeness (QED) is 0.604. The van der Waals surface area contributed by atoms with E-state index in [0.29, 0.717) is 0 Å². The van der Waals surface area contributed by atoms with Crippen LogP contribution < -0.4 is 10.2 Å². The van der Waals surface area contributed by atoms with Crippen LogP contribution in [0.25, 0.3) is 0 Å². The molecule has 1 atom stereocenters. The number of halogens is 7. The minimum absolute atomic E-state index is 0.0168. The van der Waals surface area contributed by atoms with Gasteiger partial charge in [-0.1, -0.05) is 23.2 Å². The smallest absolute Gasteiger partial charge is 0.352 e. The van der Waals surface area contributed by atoms with Crippen LogP contribution in [0, 0.1) is 0 Å². The Morgan fingerprint density at radius 3 is 2.45 bits per heavy atom. The molecule has 168 valence electrons. The maximum Gasteiger partial charge on any atom is 0.400 e. The fraction of sp³-hybridized carbons (Fsp3) is 0.421. The summed E-state index contributed by atoms with van der Waals surface area (Å²) in [6.45, 7) is 0.307. The highest BCUT2D eigenvalue weighted by Gasteiger charge is 2.59. The van der Waals surface area contributed by atoms with Crippen LogP contribution in [0.4, 0.5) is 27.9 Å². The van der Waals surface area contributed by atoms with Crippen molar-refractivity contribution in [3.63, 3.8) is 0 Å². The van der Waals surface area contributed by atoms with Gasteiger partial charge in [0.05, 0.1) is 0 Å². The molecule has 5 nitrogen and oxygen atoms in total. The number of carbonyl (C=O) groups excluding carboxylic acids is 1. The Labute approximate surface area is 184 Å². The van der Waals surface area contributed by atoms with Gasteiger partial charge in [0.1, 0.15) is 11.1 Å². The average Bonchev–Trinajstić information content (AvgIpc) is 3.12. The molecule has 1 aromatic heterocycles. The summed E-state index contributed by atoms with van der Waals surface area (Å²) in [5, 5.41) is 2.49. The number of hydrogen-bond donors (Lipinski definition) is 1. The lowest BCUT2D eigenvalue weighted by Gasteiger charge is -2.32. The van der Waals surface area contributed by atoms with Gasteiger partial charge in [0.25, 0.3) is 6.43 Å². The largest absolute Gasteiger partial charge is 0.400 e. The summed E-state index contributed by atoms with van der Waals surface area (Å²) in [5.41, 5.74) is -3.09. The highest BCUT2D eigenvalue weighted by atomic mass is 35.5. The Hall–Kier alpha value is -2.20. The number of hydrogen-bond acceptors (Lipinski definition) is 4. The Kier molecular flexibility index (Phi) is 6.61. The number of anilines is 1. The van der Waals surface area contributed by atoms with Crippen LogP contribution >= 0.6 is 23.2 Å². The maximum atomic E-state index is 14.2. The first kappa shape index (κ1) is 23.5. The number of benzene rings is 1. The standard InChI is InChI=1S/C19H17Cl2F5N4O/c1-10(31)27-7-11-8-28-17(29-15(11)16(22)23)30-3-2-18(9-30,19(24,25)26)12-4-13(20)6-14(21)5-12/h4-6,8,16H,2-3,7,9H2,1H3,(H,27,31). The third-order valence-corrected chi connectivity index (χ3v) is 5.57. The molecule has 2 aromatic rings. The van der Waals surface area contributed by atoms with E-state index in [1.54, 1.807) is 0 Å². The minimum atomic E-state index is -4.66. The van der Waals surface area contributed by atoms with E-state index in [2.05, 4.69) is 15.3 Å². The van der Waals surface area contributed by atoms with Crippen molar-refractivity contribution in [2.45, 2.75) is 37.9 Å². The predicted octanol–water partition coefficient (Wildman–Crippen LogP) is 5.07. The van der Waals surface area contributed by atoms with Crippen molar-refractivity contribution >= 4 is 35.1 Å². The fourth-order valence-electron chi connectivity index (χ4n) is 3.55. The van der Waals surface area contributed by atoms with E-state index in [1.165, 1.54) is 30.0 Å². The summed E-state index contributed by atoms with van der Waals surface area (Å²) in [6, 6.07) is 3.73. The summed E-state index contributed by atoms with van der Waals surface area (Å²) in [6.07, 6.45) is -6.92. The molecule has 1 saturated heterocycles. The van der Waals surface area contributed by atoms with Gasteiger partial charge in [-0.3, -0.25) is 4.79 Å². The summed E-state index contributed by atoms with van der Waals surface area (Å²) >= 11 is 11.8. The van der Waals surface area contributed by atoms with Gasteiger partial charge in [0.15, 0.2) is 0 Å². The lowest BCUT2D eigenvalue weighted by Crippen LogP contribution is -2.45. The van der Waals surface area contributed by atoms with Gasteiger partial charge in [0, 0.05) is 48.4 Å². The molecule has 31 heavy (non-hydrogen) atoms. The lowest BCUT2D eigenvalue weighted by atomic mass is 9.79. The topological polar surface area (TPSA) is 58.1 Å². The van der Waals surface area contributed by atoms with E-state index < -0.39 is 36.2 Å². The first-order valence-electron chi connectivity index (χ1n) is 9.09. The second-order valence-electron chi connectivity index (χ2n) is 7.20. The van der Waals surface area contributed by atoms with Crippen molar-refractivity contribution in [2.24, 2.45) is 0 Å². The van der Waals surface area contributed by atoms with E-state index in [4.69, 9.17) is 23.2 Å². The molecule has 3 rings (SSSR count). The van der Waals surface area contributed by atoms with Gasteiger partial charge in [-0.25, -0.2) is 18.7 Å². The van der Waals surface area contributed by atoms with Gasteiger partial charge in [0.2, 0.25) is 11.9 Å². The van der Waals surface area contributed by atoms with Gasteiger partial charge >= 0.3 is 6.18 Å². The Morgan fingerprint density at radius 1 is 1.26 bits per heavy atom. The molecule has 0 aliphatic carbocycles. The number of aromatic nitrogens is 2. The van der Waals surface area contributed by atoms with E-state index >= 15 is 0 Å². The lowest BCUT2D eigenvalue weighted by molar-refractivity contribution is -0.184. The molecule has 1 aromatic carbocycles. The van der Waals surface area contributed by atoms with Crippen LogP contribution in [0.5, 0.6) is 0 Å². The molecular formula is C19H17Cl2F5N4O. The molecule has 1 fully saturated rings. The molecule has 0 bridgehead atoms. The number of rotatable bonds is 5. The van der Waals surface area contributed by atoms with E-state index in [-0.39, 0.29) is 46.6 Å². The average molecular weight is 483 g/mol. The summed E-state index contributed by atoms with van der Waals surface area (Å²) in [7, 11) is 0. The number of nitrogens with one attached hydrogen (secondary N) is 1. The van der Waals surface area contributed by atoms with Crippen LogP contribution in [0.2, 0.25) is 10.0 Å². The predicted molar refractivity (Wildman–Crippen MR) is 106 cm³/mol. The monoisotopic (exact) mass is 482 g/mol. The molecule has 2 heterocycles. The minimum Gasteiger partial charge on any atom is -0.352 e. The molecule has 1 aliphatic heterocycles. The second-order valence-corrected chi connectivity index (χ2v) is 8.07. The molecule has 0 spiro atoms. The van der Waals surface area contributed by atoms with Crippen molar-refractivity contribution in [1.82, 2.24) is 15.3 Å². The molecular weight excluding hydrogens is 466 g/mol. The zero-order chi connectivity index (χ0) is 23.0. The molecule has 1 aliphatic rings. The molecule has 1 unspecified atom stereocenters. The molecule has 1 N–H and O–H groups in total. The third-order valence-electron chi connectivity index (χ3n) is 5.13.